The Morgan fingerprint density at radius 3 is 1.15 bits per heavy atom. The predicted molar refractivity (Wildman–Crippen MR) is 223 cm³/mol. The topological polar surface area (TPSA) is 126 Å². The van der Waals surface area contributed by atoms with Gasteiger partial charge in [-0.05, 0) is 102 Å². The molecule has 0 aliphatic carbocycles. The van der Waals surface area contributed by atoms with Gasteiger partial charge >= 0.3 is 0 Å². The van der Waals surface area contributed by atoms with Crippen molar-refractivity contribution in [2.75, 3.05) is 13.1 Å². The van der Waals surface area contributed by atoms with Crippen LogP contribution in [-0.2, 0) is 23.9 Å². The molecule has 10 nitrogen and oxygen atoms in total. The summed E-state index contributed by atoms with van der Waals surface area (Å²) >= 11 is 0. The molecule has 2 aromatic heterocycles. The zero-order chi connectivity index (χ0) is 39.8. The highest BCUT2D eigenvalue weighted by Crippen LogP contribution is 2.41. The van der Waals surface area contributed by atoms with Gasteiger partial charge in [0, 0.05) is 24.2 Å². The van der Waals surface area contributed by atoms with Crippen LogP contribution in [0, 0.1) is 10.8 Å². The lowest BCUT2D eigenvalue weighted by molar-refractivity contribution is 0.283. The van der Waals surface area contributed by atoms with Crippen molar-refractivity contribution in [3.8, 4) is 22.9 Å². The molecule has 55 heavy (non-hydrogen) atoms. The van der Waals surface area contributed by atoms with Crippen molar-refractivity contribution in [1.82, 2.24) is 40.6 Å². The van der Waals surface area contributed by atoms with Crippen LogP contribution < -0.4 is 10.6 Å². The summed E-state index contributed by atoms with van der Waals surface area (Å²) in [5.74, 6) is 0.364. The predicted octanol–water partition coefficient (Wildman–Crippen LogP) is 9.26. The maximum atomic E-state index is 11.6. The smallest absolute Gasteiger partial charge is 0.147 e. The van der Waals surface area contributed by atoms with E-state index in [9.17, 15) is 10.2 Å². The summed E-state index contributed by atoms with van der Waals surface area (Å²) < 4.78 is 0. The number of phenols is 2. The first-order valence-corrected chi connectivity index (χ1v) is 19.6. The van der Waals surface area contributed by atoms with Crippen molar-refractivity contribution < 1.29 is 10.2 Å². The third-order valence-corrected chi connectivity index (χ3v) is 10.2. The maximum absolute atomic E-state index is 11.6. The summed E-state index contributed by atoms with van der Waals surface area (Å²) in [5, 5.41) is 49.1. The van der Waals surface area contributed by atoms with E-state index in [1.165, 1.54) is 0 Å². The van der Waals surface area contributed by atoms with Gasteiger partial charge < -0.3 is 20.8 Å². The summed E-state index contributed by atoms with van der Waals surface area (Å²) in [7, 11) is 0. The van der Waals surface area contributed by atoms with Gasteiger partial charge in [0.05, 0.1) is 0 Å². The number of rotatable bonds is 14. The van der Waals surface area contributed by atoms with Crippen LogP contribution in [0.15, 0.2) is 72.8 Å². The summed E-state index contributed by atoms with van der Waals surface area (Å²) in [4.78, 5) is 3.13. The lowest BCUT2D eigenvalue weighted by atomic mass is 9.72. The van der Waals surface area contributed by atoms with E-state index < -0.39 is 0 Å². The standard InChI is InChI=1S/C45H60N8O2/c1-42(2,3)28-44(7,8)32-22-30(40(54)38(24-32)52-48-34-16-11-12-17-35(34)49-52)26-46-20-15-21-47-27-31-23-33(45(9,10)29-43(4,5)6)25-39(41(31)55)53-50-36-18-13-14-19-37(36)51-53/h11-14,16-19,22-25,46-47,54-55H,15,20-21,26-29H2,1-10H3. The molecule has 4 N–H and O–H groups in total. The Hall–Kier alpha value is -4.80. The van der Waals surface area contributed by atoms with Gasteiger partial charge in [-0.25, -0.2) is 0 Å². The van der Waals surface area contributed by atoms with Crippen LogP contribution in [0.5, 0.6) is 11.5 Å². The van der Waals surface area contributed by atoms with Gasteiger partial charge in [-0.15, -0.1) is 30.0 Å². The van der Waals surface area contributed by atoms with E-state index in [0.29, 0.717) is 24.5 Å². The molecule has 4 aromatic carbocycles. The monoisotopic (exact) mass is 744 g/mol. The molecule has 0 amide bonds. The van der Waals surface area contributed by atoms with Gasteiger partial charge in [0.25, 0.3) is 0 Å². The maximum Gasteiger partial charge on any atom is 0.147 e. The fourth-order valence-corrected chi connectivity index (χ4v) is 8.29. The average Bonchev–Trinajstić information content (AvgIpc) is 3.71. The number of phenolic OH excluding ortho intramolecular Hbond substituents is 2. The summed E-state index contributed by atoms with van der Waals surface area (Å²) in [6.45, 7) is 25.1. The van der Waals surface area contributed by atoms with E-state index in [2.05, 4.69) is 92.0 Å². The van der Waals surface area contributed by atoms with Crippen LogP contribution >= 0.6 is 0 Å². The molecule has 0 spiro atoms. The molecule has 0 saturated heterocycles. The molecule has 292 valence electrons. The van der Waals surface area contributed by atoms with Crippen LogP contribution in [-0.4, -0.2) is 53.3 Å². The van der Waals surface area contributed by atoms with Crippen LogP contribution in [0.3, 0.4) is 0 Å². The third-order valence-electron chi connectivity index (χ3n) is 10.2. The number of aromatic hydroxyl groups is 2. The van der Waals surface area contributed by atoms with E-state index in [1.807, 2.05) is 60.7 Å². The molecule has 0 atom stereocenters. The van der Waals surface area contributed by atoms with Gasteiger partial charge in [-0.3, -0.25) is 0 Å². The molecular formula is C45H60N8O2. The Bertz CT molecular complexity index is 2040. The molecule has 0 aliphatic heterocycles. The Balaban J connectivity index is 1.16. The second-order valence-corrected chi connectivity index (χ2v) is 18.9. The first-order valence-electron chi connectivity index (χ1n) is 19.6. The fourth-order valence-electron chi connectivity index (χ4n) is 8.29. The molecule has 0 radical (unpaired) electrons. The SMILES string of the molecule is CC(C)(C)CC(C)(C)c1cc(CNCCCNCc2cc(C(C)(C)CC(C)(C)C)cc(-n3nc4ccccc4n3)c2O)c(O)c(-n2nc3ccccc3n2)c1. The van der Waals surface area contributed by atoms with Gasteiger partial charge in [-0.1, -0.05) is 106 Å². The zero-order valence-electron chi connectivity index (χ0n) is 34.5. The number of hydrogen-bond acceptors (Lipinski definition) is 8. The number of fused-ring (bicyclic) bond motifs is 2. The Morgan fingerprint density at radius 2 is 0.836 bits per heavy atom. The van der Waals surface area contributed by atoms with Gasteiger partial charge in [0.2, 0.25) is 0 Å². The van der Waals surface area contributed by atoms with Crippen molar-refractivity contribution in [2.45, 2.75) is 112 Å². The van der Waals surface area contributed by atoms with Crippen LogP contribution in [0.2, 0.25) is 0 Å². The molecule has 6 aromatic rings. The van der Waals surface area contributed by atoms with E-state index in [4.69, 9.17) is 20.4 Å². The van der Waals surface area contributed by atoms with Gasteiger partial charge in [-0.2, -0.15) is 0 Å². The first-order chi connectivity index (χ1) is 25.8. The molecule has 0 saturated carbocycles. The molecule has 2 heterocycles. The van der Waals surface area contributed by atoms with Crippen LogP contribution in [0.25, 0.3) is 33.4 Å². The Morgan fingerprint density at radius 1 is 0.509 bits per heavy atom. The lowest BCUT2D eigenvalue weighted by Crippen LogP contribution is -2.26. The summed E-state index contributed by atoms with van der Waals surface area (Å²) in [6, 6.07) is 23.9. The second kappa shape index (κ2) is 15.4. The number of nitrogens with one attached hydrogen (secondary N) is 2. The molecule has 0 unspecified atom stereocenters. The van der Waals surface area contributed by atoms with Crippen molar-refractivity contribution in [1.29, 1.82) is 0 Å². The summed E-state index contributed by atoms with van der Waals surface area (Å²) in [6.07, 6.45) is 2.80. The normalized spacial score (nSPS) is 13.0. The second-order valence-electron chi connectivity index (χ2n) is 18.9. The molecule has 6 rings (SSSR count). The van der Waals surface area contributed by atoms with Crippen molar-refractivity contribution in [2.24, 2.45) is 10.8 Å². The minimum absolute atomic E-state index is 0.124. The van der Waals surface area contributed by atoms with Crippen LogP contribution in [0.4, 0.5) is 0 Å². The molecule has 10 heteroatoms. The zero-order valence-corrected chi connectivity index (χ0v) is 34.5. The Labute approximate surface area is 326 Å². The van der Waals surface area contributed by atoms with Crippen molar-refractivity contribution >= 4 is 22.1 Å². The third kappa shape index (κ3) is 9.54. The first kappa shape index (κ1) is 39.9. The molecule has 0 aliphatic rings. The highest BCUT2D eigenvalue weighted by Gasteiger charge is 2.31. The molecule has 0 fully saturated rings. The number of aromatic nitrogens is 6. The van der Waals surface area contributed by atoms with E-state index in [0.717, 1.165) is 76.7 Å². The molecular weight excluding hydrogens is 685 g/mol. The quantitative estimate of drug-likeness (QED) is 0.0814. The average molecular weight is 745 g/mol. The minimum Gasteiger partial charge on any atom is -0.505 e. The Kier molecular flexibility index (Phi) is 11.2. The van der Waals surface area contributed by atoms with Crippen LogP contribution in [0.1, 0.15) is 111 Å². The van der Waals surface area contributed by atoms with Gasteiger partial charge in [0.1, 0.15) is 44.9 Å². The highest BCUT2D eigenvalue weighted by molar-refractivity contribution is 5.74. The number of hydrogen-bond donors (Lipinski definition) is 4. The van der Waals surface area contributed by atoms with Crippen molar-refractivity contribution in [3.63, 3.8) is 0 Å². The van der Waals surface area contributed by atoms with E-state index >= 15 is 0 Å². The highest BCUT2D eigenvalue weighted by atomic mass is 16.3. The fraction of sp³-hybridized carbons (Fsp3) is 0.467. The summed E-state index contributed by atoms with van der Waals surface area (Å²) in [5.41, 5.74) is 8.17. The molecule has 0 bridgehead atoms. The number of benzene rings is 4. The van der Waals surface area contributed by atoms with Crippen molar-refractivity contribution in [3.05, 3.63) is 95.1 Å². The van der Waals surface area contributed by atoms with E-state index in [-0.39, 0.29) is 33.2 Å². The van der Waals surface area contributed by atoms with E-state index in [1.54, 1.807) is 9.59 Å². The minimum atomic E-state index is -0.141. The number of nitrogens with zero attached hydrogens (tertiary/aromatic N) is 6. The largest absolute Gasteiger partial charge is 0.505 e. The lowest BCUT2D eigenvalue weighted by Gasteiger charge is -2.33. The van der Waals surface area contributed by atoms with Gasteiger partial charge in [0.15, 0.2) is 0 Å².